The summed E-state index contributed by atoms with van der Waals surface area (Å²) in [5.41, 5.74) is -0.487. The van der Waals surface area contributed by atoms with Gasteiger partial charge in [0.1, 0.15) is 34.7 Å². The molecule has 0 radical (unpaired) electrons. The van der Waals surface area contributed by atoms with Gasteiger partial charge in [-0.25, -0.2) is 9.59 Å². The molecule has 0 saturated heterocycles. The molecule has 1 saturated carbocycles. The van der Waals surface area contributed by atoms with Crippen molar-refractivity contribution in [2.45, 2.75) is 32.3 Å². The highest BCUT2D eigenvalue weighted by molar-refractivity contribution is 6.02. The van der Waals surface area contributed by atoms with Gasteiger partial charge in [0.2, 0.25) is 0 Å². The van der Waals surface area contributed by atoms with E-state index in [1.807, 2.05) is 0 Å². The Morgan fingerprint density at radius 2 is 2.04 bits per heavy atom. The Morgan fingerprint density at radius 1 is 1.26 bits per heavy atom. The number of amides is 1. The first-order valence-corrected chi connectivity index (χ1v) is 8.51. The number of anilines is 1. The third kappa shape index (κ3) is 4.16. The van der Waals surface area contributed by atoms with Crippen LogP contribution in [0.5, 0.6) is 5.75 Å². The van der Waals surface area contributed by atoms with Crippen molar-refractivity contribution in [2.24, 2.45) is 5.92 Å². The van der Waals surface area contributed by atoms with E-state index in [0.717, 1.165) is 0 Å². The zero-order valence-electron chi connectivity index (χ0n) is 14.9. The van der Waals surface area contributed by atoms with Crippen LogP contribution in [-0.4, -0.2) is 30.9 Å². The predicted octanol–water partition coefficient (Wildman–Crippen LogP) is 2.68. The molecule has 0 aliphatic heterocycles. The molecule has 1 N–H and O–H groups in total. The van der Waals surface area contributed by atoms with Gasteiger partial charge >= 0.3 is 11.7 Å². The summed E-state index contributed by atoms with van der Waals surface area (Å²) in [6, 6.07) is 6.42. The first-order chi connectivity index (χ1) is 12.9. The minimum absolute atomic E-state index is 0.0741. The monoisotopic (exact) mass is 373 g/mol. The van der Waals surface area contributed by atoms with Crippen LogP contribution in [0.25, 0.3) is 11.0 Å². The van der Waals surface area contributed by atoms with Crippen LogP contribution < -0.4 is 15.7 Å². The smallest absolute Gasteiger partial charge is 0.412 e. The van der Waals surface area contributed by atoms with Gasteiger partial charge in [-0.2, -0.15) is 0 Å². The number of hydrogen-bond acceptors (Lipinski definition) is 7. The van der Waals surface area contributed by atoms with Gasteiger partial charge in [0.25, 0.3) is 0 Å². The Hall–Kier alpha value is -3.16. The fourth-order valence-corrected chi connectivity index (χ4v) is 3.08. The molecule has 1 aromatic heterocycles. The third-order valence-corrected chi connectivity index (χ3v) is 4.56. The SMILES string of the molecule is COc1ccc2cc(NC(=O)OC(C)C3CCC(=O)CC3=O)c(=O)oc2c1. The van der Waals surface area contributed by atoms with Crippen LogP contribution in [-0.2, 0) is 14.3 Å². The lowest BCUT2D eigenvalue weighted by atomic mass is 9.84. The van der Waals surface area contributed by atoms with Crippen molar-refractivity contribution in [1.82, 2.24) is 0 Å². The first-order valence-electron chi connectivity index (χ1n) is 8.51. The maximum Gasteiger partial charge on any atom is 0.412 e. The quantitative estimate of drug-likeness (QED) is 0.648. The van der Waals surface area contributed by atoms with Gasteiger partial charge in [0.05, 0.1) is 19.4 Å². The number of Topliss-reactive ketones (excluding diaryl/α,β-unsaturated/α-hetero) is 2. The summed E-state index contributed by atoms with van der Waals surface area (Å²) in [6.45, 7) is 1.59. The summed E-state index contributed by atoms with van der Waals surface area (Å²) in [7, 11) is 1.50. The van der Waals surface area contributed by atoms with E-state index < -0.39 is 23.7 Å². The number of nitrogens with one attached hydrogen (secondary N) is 1. The average molecular weight is 373 g/mol. The van der Waals surface area contributed by atoms with Crippen molar-refractivity contribution in [2.75, 3.05) is 12.4 Å². The van der Waals surface area contributed by atoms with E-state index in [0.29, 0.717) is 29.6 Å². The Morgan fingerprint density at radius 3 is 2.74 bits per heavy atom. The van der Waals surface area contributed by atoms with E-state index >= 15 is 0 Å². The maximum absolute atomic E-state index is 12.1. The summed E-state index contributed by atoms with van der Waals surface area (Å²) in [4.78, 5) is 47.4. The number of ketones is 2. The Labute approximate surface area is 154 Å². The zero-order chi connectivity index (χ0) is 19.6. The lowest BCUT2D eigenvalue weighted by Crippen LogP contribution is -2.36. The number of methoxy groups -OCH3 is 1. The van der Waals surface area contributed by atoms with Gasteiger partial charge in [-0.05, 0) is 31.5 Å². The van der Waals surface area contributed by atoms with E-state index in [-0.39, 0.29) is 23.7 Å². The fourth-order valence-electron chi connectivity index (χ4n) is 3.08. The molecule has 27 heavy (non-hydrogen) atoms. The maximum atomic E-state index is 12.1. The predicted molar refractivity (Wildman–Crippen MR) is 96.0 cm³/mol. The van der Waals surface area contributed by atoms with Crippen LogP contribution in [0.15, 0.2) is 33.5 Å². The van der Waals surface area contributed by atoms with Gasteiger partial charge in [0.15, 0.2) is 0 Å². The summed E-state index contributed by atoms with van der Waals surface area (Å²) < 4.78 is 15.5. The Kier molecular flexibility index (Phi) is 5.25. The number of hydrogen-bond donors (Lipinski definition) is 1. The molecule has 8 nitrogen and oxygen atoms in total. The largest absolute Gasteiger partial charge is 0.497 e. The van der Waals surface area contributed by atoms with Crippen molar-refractivity contribution in [3.8, 4) is 5.75 Å². The normalized spacial score (nSPS) is 18.2. The Balaban J connectivity index is 1.70. The molecular formula is C19H19NO7. The number of carbonyl (C=O) groups excluding carboxylic acids is 3. The number of rotatable bonds is 4. The van der Waals surface area contributed by atoms with Crippen molar-refractivity contribution < 1.29 is 28.3 Å². The minimum atomic E-state index is -0.868. The minimum Gasteiger partial charge on any atom is -0.497 e. The topological polar surface area (TPSA) is 112 Å². The lowest BCUT2D eigenvalue weighted by molar-refractivity contribution is -0.135. The van der Waals surface area contributed by atoms with Crippen LogP contribution in [0.1, 0.15) is 26.2 Å². The van der Waals surface area contributed by atoms with Gasteiger partial charge < -0.3 is 13.9 Å². The molecule has 1 heterocycles. The molecule has 1 fully saturated rings. The first kappa shape index (κ1) is 18.6. The molecule has 1 amide bonds. The molecule has 2 unspecified atom stereocenters. The van der Waals surface area contributed by atoms with Crippen LogP contribution in [0, 0.1) is 5.92 Å². The molecule has 1 aliphatic carbocycles. The standard InChI is InChI=1S/C19H19NO7/c1-10(14-6-4-12(21)8-16(14)22)26-19(24)20-15-7-11-3-5-13(25-2)9-17(11)27-18(15)23/h3,5,7,9-10,14H,4,6,8H2,1-2H3,(H,20,24). The van der Waals surface area contributed by atoms with E-state index in [2.05, 4.69) is 5.32 Å². The van der Waals surface area contributed by atoms with Gasteiger partial charge in [-0.1, -0.05) is 0 Å². The van der Waals surface area contributed by atoms with Crippen LogP contribution in [0.3, 0.4) is 0 Å². The lowest BCUT2D eigenvalue weighted by Gasteiger charge is -2.25. The molecule has 1 aromatic carbocycles. The van der Waals surface area contributed by atoms with Gasteiger partial charge in [0, 0.05) is 17.9 Å². The highest BCUT2D eigenvalue weighted by atomic mass is 16.6. The molecule has 2 atom stereocenters. The Bertz CT molecular complexity index is 962. The average Bonchev–Trinajstić information content (AvgIpc) is 2.61. The van der Waals surface area contributed by atoms with Crippen molar-refractivity contribution in [1.29, 1.82) is 0 Å². The molecule has 0 bridgehead atoms. The highest BCUT2D eigenvalue weighted by Gasteiger charge is 2.33. The molecule has 2 aromatic rings. The van der Waals surface area contributed by atoms with Crippen molar-refractivity contribution in [3.05, 3.63) is 34.7 Å². The van der Waals surface area contributed by atoms with Crippen molar-refractivity contribution >= 4 is 34.3 Å². The second-order valence-corrected chi connectivity index (χ2v) is 6.41. The summed E-state index contributed by atoms with van der Waals surface area (Å²) >= 11 is 0. The number of benzene rings is 1. The summed E-state index contributed by atoms with van der Waals surface area (Å²) in [5, 5.41) is 2.94. The molecular weight excluding hydrogens is 354 g/mol. The number of fused-ring (bicyclic) bond motifs is 1. The second kappa shape index (κ2) is 7.61. The fraction of sp³-hybridized carbons (Fsp3) is 0.368. The van der Waals surface area contributed by atoms with Gasteiger partial charge in [-0.15, -0.1) is 0 Å². The van der Waals surface area contributed by atoms with E-state index in [4.69, 9.17) is 13.9 Å². The number of carbonyl (C=O) groups is 3. The summed E-state index contributed by atoms with van der Waals surface area (Å²) in [6.07, 6.45) is -1.05. The van der Waals surface area contributed by atoms with Crippen LogP contribution >= 0.6 is 0 Å². The van der Waals surface area contributed by atoms with Crippen LogP contribution in [0.2, 0.25) is 0 Å². The van der Waals surface area contributed by atoms with Crippen molar-refractivity contribution in [3.63, 3.8) is 0 Å². The van der Waals surface area contributed by atoms with E-state index in [1.54, 1.807) is 25.1 Å². The molecule has 1 aliphatic rings. The highest BCUT2D eigenvalue weighted by Crippen LogP contribution is 2.24. The molecule has 0 spiro atoms. The number of ether oxygens (including phenoxy) is 2. The van der Waals surface area contributed by atoms with E-state index in [1.165, 1.54) is 13.2 Å². The second-order valence-electron chi connectivity index (χ2n) is 6.41. The van der Waals surface area contributed by atoms with E-state index in [9.17, 15) is 19.2 Å². The zero-order valence-corrected chi connectivity index (χ0v) is 14.9. The van der Waals surface area contributed by atoms with Gasteiger partial charge in [-0.3, -0.25) is 14.9 Å². The molecule has 3 rings (SSSR count). The summed E-state index contributed by atoms with van der Waals surface area (Å²) in [5.74, 6) is -0.312. The molecule has 8 heteroatoms. The third-order valence-electron chi connectivity index (χ3n) is 4.56. The molecule has 142 valence electrons. The van der Waals surface area contributed by atoms with Crippen LogP contribution in [0.4, 0.5) is 10.5 Å².